The van der Waals surface area contributed by atoms with Gasteiger partial charge in [-0.25, -0.2) is 0 Å². The van der Waals surface area contributed by atoms with Crippen LogP contribution in [0.2, 0.25) is 0 Å². The number of ether oxygens (including phenoxy) is 7. The molecule has 1 saturated heterocycles. The molecule has 4 N–H and O–H groups in total. The number of carbonyl (C=O) groups is 10. The van der Waals surface area contributed by atoms with Crippen LogP contribution in [0, 0.1) is 12.3 Å². The molecule has 0 bridgehead atoms. The number of hydrogen-bond donors (Lipinski definition) is 4. The first-order chi connectivity index (χ1) is 35.2. The summed E-state index contributed by atoms with van der Waals surface area (Å²) in [5, 5.41) is 9.46. The number of imide groups is 4. The lowest BCUT2D eigenvalue weighted by molar-refractivity contribution is -0.139. The van der Waals surface area contributed by atoms with Gasteiger partial charge in [-0.05, 0) is 63.3 Å². The molecule has 0 saturated carbocycles. The number of carbonyl (C=O) groups excluding carboxylic acids is 10. The zero-order valence-electron chi connectivity index (χ0n) is 43.8. The fourth-order valence-electron chi connectivity index (χ4n) is 6.65. The monoisotopic (exact) mass is 1040 g/mol. The largest absolute Gasteiger partial charge is 0.493 e. The standard InChI is InChI=1S/C30H44N4O12.C16H18N2O5.C5H12/c1-22-24(30(40)34(21-35)25-6-7-27(37)33-29(25)39)4-3-5-26(22)46-20-28(38)32-9-11-42-13-15-44-17-19-45-18-16-43-14-12-41-10-8-31-23(2)36;1-3-23-12-6-4-5-11-14(12)16(22)18(15(11)21)10(2)7-8-13(20)17-9-19;1-5(2,3)4/h3-5,21,25H,6-20H2,1-2H3,(H,31,36)(H,32,38)(H,33,37,39);4-6,9-10H,3,7-8H2,1-2H3,(H,17,19,20);1-4H3. The first kappa shape index (κ1) is 63.5. The highest BCUT2D eigenvalue weighted by Crippen LogP contribution is 2.33. The van der Waals surface area contributed by atoms with Crippen LogP contribution < -0.4 is 30.7 Å². The van der Waals surface area contributed by atoms with Gasteiger partial charge in [0.2, 0.25) is 36.4 Å². The van der Waals surface area contributed by atoms with Gasteiger partial charge in [-0.2, -0.15) is 0 Å². The molecule has 1 fully saturated rings. The minimum absolute atomic E-state index is 0.0139. The maximum Gasteiger partial charge on any atom is 0.265 e. The Morgan fingerprint density at radius 3 is 1.84 bits per heavy atom. The third-order valence-electron chi connectivity index (χ3n) is 10.1. The topological polar surface area (TPSA) is 290 Å². The van der Waals surface area contributed by atoms with Crippen molar-refractivity contribution < 1.29 is 81.1 Å². The summed E-state index contributed by atoms with van der Waals surface area (Å²) >= 11 is 0. The van der Waals surface area contributed by atoms with Gasteiger partial charge in [0.25, 0.3) is 23.6 Å². The van der Waals surface area contributed by atoms with Crippen LogP contribution in [-0.4, -0.2) is 174 Å². The van der Waals surface area contributed by atoms with E-state index in [2.05, 4.69) is 43.6 Å². The van der Waals surface area contributed by atoms with E-state index < -0.39 is 53.4 Å². The normalized spacial score (nSPS) is 14.2. The molecule has 0 aromatic heterocycles. The van der Waals surface area contributed by atoms with Gasteiger partial charge < -0.3 is 43.8 Å². The number of amides is 10. The molecule has 4 rings (SSSR count). The Balaban J connectivity index is 0.000000552. The molecule has 10 amide bonds. The molecule has 23 nitrogen and oxygen atoms in total. The lowest BCUT2D eigenvalue weighted by Crippen LogP contribution is -2.53. The molecule has 2 aromatic carbocycles. The van der Waals surface area contributed by atoms with Crippen molar-refractivity contribution in [2.75, 3.05) is 92.4 Å². The van der Waals surface area contributed by atoms with Crippen LogP contribution in [0.15, 0.2) is 36.4 Å². The minimum Gasteiger partial charge on any atom is -0.493 e. The SMILES string of the molecule is CC(=O)NCCOCCOCCOCCOCCOCCNC(=O)COc1cccc(C(=O)N(C=O)C2CCC(=O)NC2=O)c1C.CC(C)(C)C.CCOc1cccc2c1C(=O)N(C(C)CCC(=O)NC=O)C2=O. The Morgan fingerprint density at radius 1 is 0.770 bits per heavy atom. The van der Waals surface area contributed by atoms with Crippen LogP contribution in [0.3, 0.4) is 0 Å². The summed E-state index contributed by atoms with van der Waals surface area (Å²) in [4.78, 5) is 120. The van der Waals surface area contributed by atoms with Crippen molar-refractivity contribution in [1.29, 1.82) is 0 Å². The lowest BCUT2D eigenvalue weighted by atomic mass is 10.0. The van der Waals surface area contributed by atoms with Crippen molar-refractivity contribution in [3.63, 3.8) is 0 Å². The smallest absolute Gasteiger partial charge is 0.265 e. The number of fused-ring (bicyclic) bond motifs is 1. The Morgan fingerprint density at radius 2 is 1.31 bits per heavy atom. The Hall–Kier alpha value is -6.66. The van der Waals surface area contributed by atoms with Crippen LogP contribution >= 0.6 is 0 Å². The summed E-state index contributed by atoms with van der Waals surface area (Å²) in [5.41, 5.74) is 1.59. The van der Waals surface area contributed by atoms with Crippen molar-refractivity contribution >= 4 is 60.1 Å². The number of nitrogens with one attached hydrogen (secondary N) is 4. The van der Waals surface area contributed by atoms with Crippen LogP contribution in [-0.2, 0) is 57.2 Å². The first-order valence-corrected chi connectivity index (χ1v) is 24.4. The van der Waals surface area contributed by atoms with E-state index in [1.165, 1.54) is 19.1 Å². The first-order valence-electron chi connectivity index (χ1n) is 24.4. The molecule has 0 spiro atoms. The molecule has 2 unspecified atom stereocenters. The summed E-state index contributed by atoms with van der Waals surface area (Å²) < 4.78 is 37.9. The minimum atomic E-state index is -1.09. The highest BCUT2D eigenvalue weighted by atomic mass is 16.6. The molecular weight excluding hydrogens is 969 g/mol. The molecule has 2 aliphatic heterocycles. The van der Waals surface area contributed by atoms with Crippen LogP contribution in [0.5, 0.6) is 11.5 Å². The molecule has 2 heterocycles. The van der Waals surface area contributed by atoms with Crippen LogP contribution in [0.1, 0.15) is 111 Å². The van der Waals surface area contributed by atoms with E-state index in [9.17, 15) is 47.9 Å². The quantitative estimate of drug-likeness (QED) is 0.0479. The van der Waals surface area contributed by atoms with E-state index in [0.717, 1.165) is 9.80 Å². The van der Waals surface area contributed by atoms with Crippen molar-refractivity contribution in [2.45, 2.75) is 93.2 Å². The molecule has 0 radical (unpaired) electrons. The summed E-state index contributed by atoms with van der Waals surface area (Å²) in [7, 11) is 0. The summed E-state index contributed by atoms with van der Waals surface area (Å²) in [6.07, 6.45) is 0.949. The van der Waals surface area contributed by atoms with Gasteiger partial charge in [-0.1, -0.05) is 39.8 Å². The second kappa shape index (κ2) is 34.7. The highest BCUT2D eigenvalue weighted by Gasteiger charge is 2.41. The second-order valence-electron chi connectivity index (χ2n) is 18.1. The number of benzene rings is 2. The Kier molecular flexibility index (Phi) is 29.8. The van der Waals surface area contributed by atoms with E-state index in [4.69, 9.17) is 33.2 Å². The molecule has 74 heavy (non-hydrogen) atoms. The zero-order chi connectivity index (χ0) is 55.1. The molecule has 2 atom stereocenters. The van der Waals surface area contributed by atoms with Gasteiger partial charge in [0.15, 0.2) is 6.61 Å². The van der Waals surface area contributed by atoms with Gasteiger partial charge in [-0.15, -0.1) is 0 Å². The summed E-state index contributed by atoms with van der Waals surface area (Å²) in [6.45, 7) is 20.1. The predicted octanol–water partition coefficient (Wildman–Crippen LogP) is 2.29. The molecule has 410 valence electrons. The second-order valence-corrected chi connectivity index (χ2v) is 18.1. The predicted molar refractivity (Wildman–Crippen MR) is 267 cm³/mol. The number of nitrogens with zero attached hydrogens (tertiary/aromatic N) is 2. The average Bonchev–Trinajstić information content (AvgIpc) is 3.60. The van der Waals surface area contributed by atoms with E-state index >= 15 is 0 Å². The highest BCUT2D eigenvalue weighted by molar-refractivity contribution is 6.22. The molecule has 0 aliphatic carbocycles. The van der Waals surface area contributed by atoms with Crippen LogP contribution in [0.25, 0.3) is 0 Å². The average molecular weight is 1040 g/mol. The van der Waals surface area contributed by atoms with Crippen molar-refractivity contribution in [1.82, 2.24) is 31.1 Å². The lowest BCUT2D eigenvalue weighted by Gasteiger charge is -2.28. The van der Waals surface area contributed by atoms with Crippen molar-refractivity contribution in [2.24, 2.45) is 5.41 Å². The summed E-state index contributed by atoms with van der Waals surface area (Å²) in [5.74, 6) is -2.98. The maximum absolute atomic E-state index is 13.1. The van der Waals surface area contributed by atoms with E-state index in [1.807, 2.05) is 5.32 Å². The number of piperidine rings is 1. The van der Waals surface area contributed by atoms with Crippen molar-refractivity contribution in [3.8, 4) is 11.5 Å². The third kappa shape index (κ3) is 23.9. The van der Waals surface area contributed by atoms with Gasteiger partial charge in [-0.3, -0.25) is 68.4 Å². The van der Waals surface area contributed by atoms with Crippen LogP contribution in [0.4, 0.5) is 0 Å². The zero-order valence-corrected chi connectivity index (χ0v) is 43.8. The Labute approximate surface area is 432 Å². The third-order valence-corrected chi connectivity index (χ3v) is 10.1. The fourth-order valence-corrected chi connectivity index (χ4v) is 6.65. The molecule has 2 aliphatic rings. The number of rotatable bonds is 31. The molecule has 23 heteroatoms. The maximum atomic E-state index is 13.1. The fraction of sp³-hybridized carbons (Fsp3) is 0.569. The van der Waals surface area contributed by atoms with E-state index in [0.29, 0.717) is 101 Å². The van der Waals surface area contributed by atoms with Gasteiger partial charge in [0.05, 0.1) is 83.8 Å². The van der Waals surface area contributed by atoms with E-state index in [-0.39, 0.29) is 74.6 Å². The van der Waals surface area contributed by atoms with Gasteiger partial charge in [0, 0.05) is 50.0 Å². The number of hydrogen-bond acceptors (Lipinski definition) is 17. The summed E-state index contributed by atoms with van der Waals surface area (Å²) in [6, 6.07) is 7.95. The van der Waals surface area contributed by atoms with Crippen molar-refractivity contribution in [3.05, 3.63) is 58.7 Å². The van der Waals surface area contributed by atoms with E-state index in [1.54, 1.807) is 45.0 Å². The Bertz CT molecular complexity index is 2180. The molecular formula is C51H74N6O17. The molecule has 2 aromatic rings. The van der Waals surface area contributed by atoms with Gasteiger partial charge >= 0.3 is 0 Å². The van der Waals surface area contributed by atoms with Gasteiger partial charge in [0.1, 0.15) is 17.5 Å².